The summed E-state index contributed by atoms with van der Waals surface area (Å²) in [5.41, 5.74) is 3.91. The van der Waals surface area contributed by atoms with Crippen LogP contribution in [0.3, 0.4) is 0 Å². The molecule has 2 aliphatic heterocycles. The third kappa shape index (κ3) is 2.89. The normalized spacial score (nSPS) is 25.5. The quantitative estimate of drug-likeness (QED) is 0.871. The Hall–Kier alpha value is -1.66. The maximum atomic E-state index is 12.8. The molecule has 2 saturated heterocycles. The molecule has 0 saturated carbocycles. The van der Waals surface area contributed by atoms with Gasteiger partial charge in [-0.05, 0) is 52.5 Å². The first kappa shape index (κ1) is 17.2. The van der Waals surface area contributed by atoms with Gasteiger partial charge in [-0.15, -0.1) is 12.4 Å². The summed E-state index contributed by atoms with van der Waals surface area (Å²) in [7, 11) is 0. The zero-order chi connectivity index (χ0) is 16.1. The lowest BCUT2D eigenvalue weighted by Gasteiger charge is -2.29. The molecule has 6 nitrogen and oxygen atoms in total. The highest BCUT2D eigenvalue weighted by atomic mass is 35.5. The van der Waals surface area contributed by atoms with Crippen LogP contribution < -0.4 is 10.6 Å². The summed E-state index contributed by atoms with van der Waals surface area (Å²) in [5.74, 6) is -0.0405. The monoisotopic (exact) mass is 349 g/mol. The lowest BCUT2D eigenvalue weighted by Crippen LogP contribution is -2.48. The van der Waals surface area contributed by atoms with E-state index in [1.54, 1.807) is 4.52 Å². The van der Waals surface area contributed by atoms with Gasteiger partial charge >= 0.3 is 0 Å². The molecule has 0 radical (unpaired) electrons. The summed E-state index contributed by atoms with van der Waals surface area (Å²) in [6, 6.07) is 3.35. The number of hydrogen-bond donors (Lipinski definition) is 2. The summed E-state index contributed by atoms with van der Waals surface area (Å²) in [4.78, 5) is 17.4. The van der Waals surface area contributed by atoms with Gasteiger partial charge in [0.05, 0.1) is 5.69 Å². The van der Waals surface area contributed by atoms with Crippen molar-refractivity contribution in [3.63, 3.8) is 0 Å². The van der Waals surface area contributed by atoms with Crippen LogP contribution in [0.5, 0.6) is 0 Å². The maximum absolute atomic E-state index is 12.8. The molecule has 2 bridgehead atoms. The topological polar surface area (TPSA) is 71.3 Å². The smallest absolute Gasteiger partial charge is 0.257 e. The molecule has 2 N–H and O–H groups in total. The van der Waals surface area contributed by atoms with E-state index in [-0.39, 0.29) is 24.4 Å². The van der Waals surface area contributed by atoms with Crippen LogP contribution in [-0.2, 0) is 0 Å². The number of nitrogens with zero attached hydrogens (tertiary/aromatic N) is 3. The molecule has 0 aliphatic carbocycles. The molecule has 2 unspecified atom stereocenters. The average Bonchev–Trinajstić information content (AvgIpc) is 2.98. The molecule has 2 aliphatic rings. The summed E-state index contributed by atoms with van der Waals surface area (Å²) >= 11 is 0. The van der Waals surface area contributed by atoms with Crippen LogP contribution in [0.4, 0.5) is 0 Å². The van der Waals surface area contributed by atoms with E-state index in [9.17, 15) is 4.79 Å². The highest BCUT2D eigenvalue weighted by Gasteiger charge is 2.34. The van der Waals surface area contributed by atoms with Gasteiger partial charge in [0.15, 0.2) is 5.65 Å². The van der Waals surface area contributed by atoms with E-state index in [2.05, 4.69) is 20.7 Å². The van der Waals surface area contributed by atoms with Crippen molar-refractivity contribution in [3.8, 4) is 0 Å². The Bertz CT molecular complexity index is 775. The minimum Gasteiger partial charge on any atom is -0.349 e. The first-order valence-electron chi connectivity index (χ1n) is 8.42. The Morgan fingerprint density at radius 3 is 2.58 bits per heavy atom. The summed E-state index contributed by atoms with van der Waals surface area (Å²) < 4.78 is 1.77. The first-order valence-corrected chi connectivity index (χ1v) is 8.42. The lowest BCUT2D eigenvalue weighted by atomic mass is 9.99. The predicted molar refractivity (Wildman–Crippen MR) is 94.9 cm³/mol. The second-order valence-corrected chi connectivity index (χ2v) is 7.01. The zero-order valence-electron chi connectivity index (χ0n) is 14.3. The number of carbonyl (C=O) groups excluding carboxylic acids is 1. The molecule has 0 aromatic carbocycles. The minimum absolute atomic E-state index is 0. The zero-order valence-corrected chi connectivity index (χ0v) is 15.1. The Balaban J connectivity index is 0.00000169. The minimum atomic E-state index is -0.0405. The van der Waals surface area contributed by atoms with Crippen LogP contribution in [-0.4, -0.2) is 38.6 Å². The number of nitrogens with one attached hydrogen (secondary N) is 2. The number of piperidine rings is 1. The second-order valence-electron chi connectivity index (χ2n) is 7.01. The molecule has 130 valence electrons. The summed E-state index contributed by atoms with van der Waals surface area (Å²) in [5, 5.41) is 11.3. The van der Waals surface area contributed by atoms with E-state index in [0.717, 1.165) is 29.9 Å². The molecule has 4 heterocycles. The third-order valence-corrected chi connectivity index (χ3v) is 5.11. The number of rotatable bonds is 2. The van der Waals surface area contributed by atoms with Crippen molar-refractivity contribution in [2.45, 2.75) is 64.6 Å². The van der Waals surface area contributed by atoms with Gasteiger partial charge in [0, 0.05) is 29.5 Å². The molecule has 2 aromatic heterocycles. The second kappa shape index (κ2) is 6.33. The van der Waals surface area contributed by atoms with Gasteiger partial charge in [0.1, 0.15) is 5.56 Å². The van der Waals surface area contributed by atoms with Gasteiger partial charge in [-0.25, -0.2) is 9.50 Å². The summed E-state index contributed by atoms with van der Waals surface area (Å²) in [6.07, 6.45) is 4.50. The van der Waals surface area contributed by atoms with Gasteiger partial charge in [0.25, 0.3) is 5.91 Å². The fraction of sp³-hybridized carbons (Fsp3) is 0.588. The fourth-order valence-corrected chi connectivity index (χ4v) is 4.13. The Kier molecular flexibility index (Phi) is 4.53. The SMILES string of the molecule is Cc1cc(C)n2nc(C)c(C(=O)NC3CC4CCC(C3)N4)c2n1.Cl. The van der Waals surface area contributed by atoms with Crippen molar-refractivity contribution < 1.29 is 4.79 Å². The Morgan fingerprint density at radius 1 is 1.25 bits per heavy atom. The fourth-order valence-electron chi connectivity index (χ4n) is 4.13. The molecular weight excluding hydrogens is 326 g/mol. The Labute approximate surface area is 147 Å². The van der Waals surface area contributed by atoms with E-state index in [1.165, 1.54) is 12.8 Å². The van der Waals surface area contributed by atoms with Crippen LogP contribution in [0.1, 0.15) is 53.1 Å². The number of carbonyl (C=O) groups is 1. The van der Waals surface area contributed by atoms with Crippen molar-refractivity contribution in [3.05, 3.63) is 28.7 Å². The highest BCUT2D eigenvalue weighted by Crippen LogP contribution is 2.27. The highest BCUT2D eigenvalue weighted by molar-refractivity contribution is 6.01. The molecule has 24 heavy (non-hydrogen) atoms. The molecule has 7 heteroatoms. The molecular formula is C17H24ClN5O. The van der Waals surface area contributed by atoms with E-state index in [1.807, 2.05) is 26.8 Å². The van der Waals surface area contributed by atoms with Gasteiger partial charge in [-0.2, -0.15) is 5.10 Å². The number of aromatic nitrogens is 3. The van der Waals surface area contributed by atoms with E-state index in [4.69, 9.17) is 0 Å². The molecule has 2 fully saturated rings. The number of amides is 1. The number of fused-ring (bicyclic) bond motifs is 3. The van der Waals surface area contributed by atoms with Gasteiger partial charge < -0.3 is 10.6 Å². The molecule has 4 rings (SSSR count). The average molecular weight is 350 g/mol. The van der Waals surface area contributed by atoms with Gasteiger partial charge in [-0.1, -0.05) is 0 Å². The van der Waals surface area contributed by atoms with E-state index >= 15 is 0 Å². The first-order chi connectivity index (χ1) is 11.0. The molecule has 1 amide bonds. The number of aryl methyl sites for hydroxylation is 3. The number of halogens is 1. The van der Waals surface area contributed by atoms with E-state index in [0.29, 0.717) is 23.3 Å². The molecule has 0 spiro atoms. The van der Waals surface area contributed by atoms with Crippen LogP contribution in [0.2, 0.25) is 0 Å². The van der Waals surface area contributed by atoms with Crippen LogP contribution in [0.25, 0.3) is 5.65 Å². The van der Waals surface area contributed by atoms with Crippen molar-refractivity contribution in [1.82, 2.24) is 25.2 Å². The number of hydrogen-bond acceptors (Lipinski definition) is 4. The maximum Gasteiger partial charge on any atom is 0.257 e. The summed E-state index contributed by atoms with van der Waals surface area (Å²) in [6.45, 7) is 5.81. The van der Waals surface area contributed by atoms with Crippen molar-refractivity contribution in [1.29, 1.82) is 0 Å². The van der Waals surface area contributed by atoms with Gasteiger partial charge in [0.2, 0.25) is 0 Å². The van der Waals surface area contributed by atoms with Crippen molar-refractivity contribution >= 4 is 24.0 Å². The van der Waals surface area contributed by atoms with Crippen LogP contribution in [0.15, 0.2) is 6.07 Å². The molecule has 2 atom stereocenters. The van der Waals surface area contributed by atoms with Crippen molar-refractivity contribution in [2.75, 3.05) is 0 Å². The predicted octanol–water partition coefficient (Wildman–Crippen LogP) is 2.09. The van der Waals surface area contributed by atoms with Crippen molar-refractivity contribution in [2.24, 2.45) is 0 Å². The Morgan fingerprint density at radius 2 is 1.92 bits per heavy atom. The van der Waals surface area contributed by atoms with E-state index < -0.39 is 0 Å². The lowest BCUT2D eigenvalue weighted by molar-refractivity contribution is 0.0925. The third-order valence-electron chi connectivity index (χ3n) is 5.11. The van der Waals surface area contributed by atoms with Crippen LogP contribution in [0, 0.1) is 20.8 Å². The van der Waals surface area contributed by atoms with Gasteiger partial charge in [-0.3, -0.25) is 4.79 Å². The van der Waals surface area contributed by atoms with Crippen LogP contribution >= 0.6 is 12.4 Å². The molecule has 2 aromatic rings. The largest absolute Gasteiger partial charge is 0.349 e. The standard InChI is InChI=1S/C17H23N5O.ClH/c1-9-6-10(2)22-16(18-9)15(11(3)21-22)17(23)20-14-7-12-4-5-13(8-14)19-12;/h6,12-14,19H,4-5,7-8H2,1-3H3,(H,20,23);1H.